The van der Waals surface area contributed by atoms with Crippen molar-refractivity contribution < 1.29 is 23.1 Å². The number of carboxylic acid groups (broad SMARTS) is 1. The molecule has 0 spiro atoms. The predicted octanol–water partition coefficient (Wildman–Crippen LogP) is 2.39. The van der Waals surface area contributed by atoms with Crippen LogP contribution in [-0.2, 0) is 14.8 Å². The number of benzene rings is 1. The summed E-state index contributed by atoms with van der Waals surface area (Å²) in [7, 11) is -2.77. The van der Waals surface area contributed by atoms with Crippen LogP contribution in [0.25, 0.3) is 0 Å². The zero-order valence-corrected chi connectivity index (χ0v) is 13.9. The first-order valence-electron chi connectivity index (χ1n) is 5.89. The summed E-state index contributed by atoms with van der Waals surface area (Å²) in [6, 6.07) is 1.27. The van der Waals surface area contributed by atoms with Gasteiger partial charge in [0.1, 0.15) is 21.7 Å². The quantitative estimate of drug-likeness (QED) is 0.817. The first-order chi connectivity index (χ1) is 9.61. The number of hydrogen-bond donors (Lipinski definition) is 2. The van der Waals surface area contributed by atoms with E-state index in [1.54, 1.807) is 13.8 Å². The smallest absolute Gasteiger partial charge is 0.322 e. The Morgan fingerprint density at radius 3 is 2.29 bits per heavy atom. The average Bonchev–Trinajstić information content (AvgIpc) is 2.38. The highest BCUT2D eigenvalue weighted by Gasteiger charge is 2.30. The van der Waals surface area contributed by atoms with Gasteiger partial charge in [-0.3, -0.25) is 4.79 Å². The molecule has 0 saturated heterocycles. The second-order valence-electron chi connectivity index (χ2n) is 4.58. The highest BCUT2D eigenvalue weighted by Crippen LogP contribution is 2.36. The van der Waals surface area contributed by atoms with E-state index in [4.69, 9.17) is 33.0 Å². The summed E-state index contributed by atoms with van der Waals surface area (Å²) < 4.78 is 31.6. The van der Waals surface area contributed by atoms with Crippen molar-refractivity contribution in [3.05, 3.63) is 22.2 Å². The monoisotopic (exact) mass is 355 g/mol. The number of sulfonamides is 1. The number of nitrogens with one attached hydrogen (secondary N) is 1. The Labute approximate surface area is 133 Å². The fourth-order valence-electron chi connectivity index (χ4n) is 1.58. The first kappa shape index (κ1) is 18.0. The van der Waals surface area contributed by atoms with Crippen LogP contribution < -0.4 is 9.46 Å². The molecule has 6 nitrogen and oxygen atoms in total. The predicted molar refractivity (Wildman–Crippen MR) is 79.6 cm³/mol. The summed E-state index contributed by atoms with van der Waals surface area (Å²) in [5, 5.41) is 8.77. The molecular formula is C12H15Cl2NO5S. The summed E-state index contributed by atoms with van der Waals surface area (Å²) in [5.41, 5.74) is 0. The molecule has 0 aliphatic carbocycles. The van der Waals surface area contributed by atoms with Crippen molar-refractivity contribution in [1.82, 2.24) is 4.72 Å². The Kier molecular flexibility index (Phi) is 5.86. The molecule has 0 bridgehead atoms. The summed E-state index contributed by atoms with van der Waals surface area (Å²) in [6.07, 6.45) is 0. The third-order valence-corrected chi connectivity index (χ3v) is 5.20. The molecule has 21 heavy (non-hydrogen) atoms. The highest BCUT2D eigenvalue weighted by molar-refractivity contribution is 7.89. The van der Waals surface area contributed by atoms with Crippen LogP contribution in [0.1, 0.15) is 13.8 Å². The van der Waals surface area contributed by atoms with Gasteiger partial charge in [0, 0.05) is 0 Å². The van der Waals surface area contributed by atoms with E-state index in [0.717, 1.165) is 0 Å². The van der Waals surface area contributed by atoms with Gasteiger partial charge in [-0.15, -0.1) is 0 Å². The van der Waals surface area contributed by atoms with Gasteiger partial charge in [0.05, 0.1) is 12.1 Å². The van der Waals surface area contributed by atoms with Gasteiger partial charge in [-0.1, -0.05) is 37.0 Å². The lowest BCUT2D eigenvalue weighted by atomic mass is 10.1. The van der Waals surface area contributed by atoms with Crippen LogP contribution in [0.4, 0.5) is 0 Å². The molecule has 0 radical (unpaired) electrons. The SMILES string of the molecule is COc1ccc(S(=O)(=O)N[C@@H](C(=O)O)C(C)C)c(Cl)c1Cl. The van der Waals surface area contributed by atoms with E-state index in [2.05, 4.69) is 4.72 Å². The number of carbonyl (C=O) groups is 1. The lowest BCUT2D eigenvalue weighted by Gasteiger charge is -2.19. The van der Waals surface area contributed by atoms with E-state index >= 15 is 0 Å². The fraction of sp³-hybridized carbons (Fsp3) is 0.417. The Morgan fingerprint density at radius 1 is 1.29 bits per heavy atom. The summed E-state index contributed by atoms with van der Waals surface area (Å²) >= 11 is 11.8. The summed E-state index contributed by atoms with van der Waals surface area (Å²) in [6.45, 7) is 3.17. The largest absolute Gasteiger partial charge is 0.495 e. The second kappa shape index (κ2) is 6.83. The third-order valence-electron chi connectivity index (χ3n) is 2.74. The third kappa shape index (κ3) is 4.00. The molecule has 118 valence electrons. The average molecular weight is 356 g/mol. The van der Waals surface area contributed by atoms with Gasteiger partial charge in [0.2, 0.25) is 10.0 Å². The fourth-order valence-corrected chi connectivity index (χ4v) is 3.76. The topological polar surface area (TPSA) is 92.7 Å². The number of halogens is 2. The maximum atomic E-state index is 12.3. The van der Waals surface area contributed by atoms with Gasteiger partial charge in [0.25, 0.3) is 0 Å². The van der Waals surface area contributed by atoms with Crippen LogP contribution in [-0.4, -0.2) is 32.6 Å². The molecule has 0 fully saturated rings. The van der Waals surface area contributed by atoms with Gasteiger partial charge in [-0.05, 0) is 18.1 Å². The van der Waals surface area contributed by atoms with Crippen LogP contribution in [0.3, 0.4) is 0 Å². The molecule has 0 aromatic heterocycles. The molecule has 1 aromatic rings. The van der Waals surface area contributed by atoms with Crippen LogP contribution in [0.15, 0.2) is 17.0 Å². The minimum Gasteiger partial charge on any atom is -0.495 e. The van der Waals surface area contributed by atoms with Crippen molar-refractivity contribution in [2.24, 2.45) is 5.92 Å². The molecule has 1 aromatic carbocycles. The number of ether oxygens (including phenoxy) is 1. The Hall–Kier alpha value is -1.02. The van der Waals surface area contributed by atoms with Gasteiger partial charge in [-0.2, -0.15) is 4.72 Å². The molecule has 0 heterocycles. The molecule has 0 saturated carbocycles. The van der Waals surface area contributed by atoms with Crippen molar-refractivity contribution in [2.45, 2.75) is 24.8 Å². The van der Waals surface area contributed by atoms with E-state index < -0.39 is 28.0 Å². The standard InChI is InChI=1S/C12H15Cl2NO5S/c1-6(2)11(12(16)17)15-21(18,19)8-5-4-7(20-3)9(13)10(8)14/h4-6,11,15H,1-3H3,(H,16,17)/t11-/m1/s1. The molecule has 9 heteroatoms. The molecule has 0 unspecified atom stereocenters. The van der Waals surface area contributed by atoms with Gasteiger partial charge >= 0.3 is 5.97 Å². The van der Waals surface area contributed by atoms with Crippen LogP contribution in [0.2, 0.25) is 10.0 Å². The summed E-state index contributed by atoms with van der Waals surface area (Å²) in [5.74, 6) is -1.49. The van der Waals surface area contributed by atoms with Crippen molar-refractivity contribution in [2.75, 3.05) is 7.11 Å². The van der Waals surface area contributed by atoms with E-state index in [1.165, 1.54) is 19.2 Å². The van der Waals surface area contributed by atoms with Gasteiger partial charge in [-0.25, -0.2) is 8.42 Å². The van der Waals surface area contributed by atoms with Crippen molar-refractivity contribution >= 4 is 39.2 Å². The second-order valence-corrected chi connectivity index (χ2v) is 7.01. The minimum atomic E-state index is -4.13. The maximum absolute atomic E-state index is 12.3. The zero-order valence-electron chi connectivity index (χ0n) is 11.6. The lowest BCUT2D eigenvalue weighted by Crippen LogP contribution is -2.44. The Balaban J connectivity index is 3.26. The lowest BCUT2D eigenvalue weighted by molar-refractivity contribution is -0.140. The van der Waals surface area contributed by atoms with E-state index in [-0.39, 0.29) is 20.7 Å². The molecule has 1 atom stereocenters. The summed E-state index contributed by atoms with van der Waals surface area (Å²) in [4.78, 5) is 10.8. The van der Waals surface area contributed by atoms with E-state index in [1.807, 2.05) is 0 Å². The normalized spacial score (nSPS) is 13.2. The van der Waals surface area contributed by atoms with Gasteiger partial charge < -0.3 is 9.84 Å². The van der Waals surface area contributed by atoms with E-state index in [0.29, 0.717) is 0 Å². The molecule has 0 aliphatic rings. The van der Waals surface area contributed by atoms with Crippen LogP contribution >= 0.6 is 23.2 Å². The number of methoxy groups -OCH3 is 1. The number of carboxylic acids is 1. The number of aliphatic carboxylic acids is 1. The minimum absolute atomic E-state index is 0.0570. The van der Waals surface area contributed by atoms with Crippen molar-refractivity contribution in [3.63, 3.8) is 0 Å². The molecule has 0 aliphatic heterocycles. The maximum Gasteiger partial charge on any atom is 0.322 e. The Bertz CT molecular complexity index is 645. The molecule has 2 N–H and O–H groups in total. The van der Waals surface area contributed by atoms with Crippen molar-refractivity contribution in [1.29, 1.82) is 0 Å². The Morgan fingerprint density at radius 2 is 1.86 bits per heavy atom. The van der Waals surface area contributed by atoms with Crippen LogP contribution in [0, 0.1) is 5.92 Å². The van der Waals surface area contributed by atoms with Crippen molar-refractivity contribution in [3.8, 4) is 5.75 Å². The number of rotatable bonds is 6. The zero-order chi connectivity index (χ0) is 16.4. The molecular weight excluding hydrogens is 341 g/mol. The number of hydrogen-bond acceptors (Lipinski definition) is 4. The first-order valence-corrected chi connectivity index (χ1v) is 8.12. The van der Waals surface area contributed by atoms with Gasteiger partial charge in [0.15, 0.2) is 0 Å². The van der Waals surface area contributed by atoms with Crippen LogP contribution in [0.5, 0.6) is 5.75 Å². The molecule has 1 rings (SSSR count). The van der Waals surface area contributed by atoms with E-state index in [9.17, 15) is 13.2 Å². The molecule has 0 amide bonds. The highest BCUT2D eigenvalue weighted by atomic mass is 35.5.